The molecule has 16 heavy (non-hydrogen) atoms. The number of fused-ring (bicyclic) bond motifs is 1. The molecular formula is C10H12N2O2S2. The topological polar surface area (TPSA) is 89.5 Å². The Morgan fingerprint density at radius 1 is 1.50 bits per heavy atom. The molecule has 0 radical (unpaired) electrons. The lowest BCUT2D eigenvalue weighted by Gasteiger charge is -2.08. The first-order valence-corrected chi connectivity index (χ1v) is 6.09. The van der Waals surface area contributed by atoms with Crippen LogP contribution in [0.5, 0.6) is 0 Å². The van der Waals surface area contributed by atoms with E-state index in [1.165, 1.54) is 23.1 Å². The van der Waals surface area contributed by atoms with Crippen molar-refractivity contribution in [3.63, 3.8) is 0 Å². The predicted octanol–water partition coefficient (Wildman–Crippen LogP) is 1.90. The number of aromatic nitrogens is 1. The number of para-hydroxylation sites is 1. The third-order valence-electron chi connectivity index (χ3n) is 1.88. The van der Waals surface area contributed by atoms with Crippen LogP contribution in [0.25, 0.3) is 10.2 Å². The summed E-state index contributed by atoms with van der Waals surface area (Å²) < 4.78 is 1.85. The highest BCUT2D eigenvalue weighted by Gasteiger charge is 2.09. The maximum atomic E-state index is 10.6. The summed E-state index contributed by atoms with van der Waals surface area (Å²) in [6.07, 6.45) is 0. The van der Waals surface area contributed by atoms with Crippen LogP contribution in [0.1, 0.15) is 6.92 Å². The van der Waals surface area contributed by atoms with Gasteiger partial charge in [-0.15, -0.1) is 11.3 Å². The summed E-state index contributed by atoms with van der Waals surface area (Å²) in [6.45, 7) is 1.60. The standard InChI is InChI=1S/C10H9NO2S2.H3N/c1-6(9(12)13)14-10-11-7-4-2-3-5-8(7)15-10;/h2-6H,1H3,(H,12,13);1H3. The fourth-order valence-corrected chi connectivity index (χ4v) is 3.24. The molecule has 0 bridgehead atoms. The number of rotatable bonds is 3. The van der Waals surface area contributed by atoms with E-state index in [4.69, 9.17) is 0 Å². The van der Waals surface area contributed by atoms with E-state index in [0.29, 0.717) is 0 Å². The minimum absolute atomic E-state index is 0. The molecule has 4 nitrogen and oxygen atoms in total. The van der Waals surface area contributed by atoms with Gasteiger partial charge in [0.25, 0.3) is 0 Å². The monoisotopic (exact) mass is 256 g/mol. The van der Waals surface area contributed by atoms with Crippen molar-refractivity contribution in [3.05, 3.63) is 24.3 Å². The minimum Gasteiger partial charge on any atom is -0.549 e. The third kappa shape index (κ3) is 2.72. The van der Waals surface area contributed by atoms with Crippen LogP contribution in [0.2, 0.25) is 0 Å². The van der Waals surface area contributed by atoms with Gasteiger partial charge in [-0.2, -0.15) is 0 Å². The van der Waals surface area contributed by atoms with Gasteiger partial charge in [-0.3, -0.25) is 0 Å². The molecule has 0 aliphatic carbocycles. The van der Waals surface area contributed by atoms with Crippen molar-refractivity contribution in [3.8, 4) is 0 Å². The van der Waals surface area contributed by atoms with Gasteiger partial charge in [0.05, 0.1) is 16.2 Å². The Kier molecular flexibility index (Phi) is 4.28. The lowest BCUT2D eigenvalue weighted by molar-refractivity contribution is -0.304. The van der Waals surface area contributed by atoms with E-state index in [1.54, 1.807) is 6.92 Å². The number of thiazole rings is 1. The predicted molar refractivity (Wildman–Crippen MR) is 65.9 cm³/mol. The Labute approximate surface area is 101 Å². The fourth-order valence-electron chi connectivity index (χ4n) is 1.10. The average Bonchev–Trinajstić information content (AvgIpc) is 2.59. The van der Waals surface area contributed by atoms with E-state index in [9.17, 15) is 9.90 Å². The number of thioether (sulfide) groups is 1. The largest absolute Gasteiger partial charge is 0.549 e. The Hall–Kier alpha value is -1.11. The van der Waals surface area contributed by atoms with Gasteiger partial charge in [-0.25, -0.2) is 4.98 Å². The van der Waals surface area contributed by atoms with E-state index in [2.05, 4.69) is 4.98 Å². The second-order valence-electron chi connectivity index (χ2n) is 3.03. The van der Waals surface area contributed by atoms with Crippen LogP contribution in [-0.2, 0) is 4.79 Å². The Morgan fingerprint density at radius 2 is 2.19 bits per heavy atom. The smallest absolute Gasteiger partial charge is 0.151 e. The molecule has 4 N–H and O–H groups in total. The summed E-state index contributed by atoms with van der Waals surface area (Å²) in [7, 11) is 0. The molecule has 0 saturated heterocycles. The first kappa shape index (κ1) is 13.0. The number of carboxylic acids is 1. The van der Waals surface area contributed by atoms with Crippen molar-refractivity contribution < 1.29 is 9.90 Å². The average molecular weight is 256 g/mol. The van der Waals surface area contributed by atoms with Crippen molar-refractivity contribution >= 4 is 39.3 Å². The molecule has 0 saturated carbocycles. The molecule has 0 aliphatic heterocycles. The lowest BCUT2D eigenvalue weighted by atomic mass is 10.3. The van der Waals surface area contributed by atoms with E-state index >= 15 is 0 Å². The van der Waals surface area contributed by atoms with Crippen molar-refractivity contribution in [1.82, 2.24) is 11.1 Å². The molecule has 0 amide bonds. The molecule has 1 aromatic heterocycles. The Bertz CT molecular complexity index is 465. The van der Waals surface area contributed by atoms with Gasteiger partial charge in [0, 0.05) is 5.25 Å². The van der Waals surface area contributed by atoms with Crippen molar-refractivity contribution in [2.24, 2.45) is 0 Å². The van der Waals surface area contributed by atoms with Crippen LogP contribution in [0.4, 0.5) is 0 Å². The number of nitrogens with zero attached hydrogens (tertiary/aromatic N) is 1. The summed E-state index contributed by atoms with van der Waals surface area (Å²) in [5, 5.41) is 10.00. The Morgan fingerprint density at radius 3 is 2.81 bits per heavy atom. The molecule has 2 rings (SSSR count). The summed E-state index contributed by atoms with van der Waals surface area (Å²) in [5.41, 5.74) is 0.913. The second kappa shape index (κ2) is 5.29. The number of hydrogen-bond acceptors (Lipinski definition) is 5. The molecule has 0 aliphatic rings. The number of carboxylic acid groups (broad SMARTS) is 1. The number of carbonyl (C=O) groups excluding carboxylic acids is 1. The molecule has 6 heteroatoms. The second-order valence-corrected chi connectivity index (χ2v) is 5.65. The minimum atomic E-state index is -1.06. The summed E-state index contributed by atoms with van der Waals surface area (Å²) in [5.74, 6) is -1.06. The Balaban J connectivity index is 0.00000128. The quantitative estimate of drug-likeness (QED) is 0.849. The highest BCUT2D eigenvalue weighted by Crippen LogP contribution is 2.31. The van der Waals surface area contributed by atoms with Crippen LogP contribution in [0, 0.1) is 0 Å². The highest BCUT2D eigenvalue weighted by atomic mass is 32.2. The molecule has 1 heterocycles. The van der Waals surface area contributed by atoms with E-state index in [0.717, 1.165) is 14.6 Å². The van der Waals surface area contributed by atoms with Gasteiger partial charge in [0.1, 0.15) is 0 Å². The number of carbonyl (C=O) groups is 1. The van der Waals surface area contributed by atoms with Crippen molar-refractivity contribution in [1.29, 1.82) is 0 Å². The first-order chi connectivity index (χ1) is 7.16. The SMILES string of the molecule is CC(Sc1nc2ccccc2s1)C(=O)[O-].[NH4+]. The van der Waals surface area contributed by atoms with Crippen LogP contribution in [0.15, 0.2) is 28.6 Å². The number of hydrogen-bond donors (Lipinski definition) is 1. The highest BCUT2D eigenvalue weighted by molar-refractivity contribution is 8.02. The normalized spacial score (nSPS) is 12.1. The molecule has 86 valence electrons. The van der Waals surface area contributed by atoms with Crippen LogP contribution in [0.3, 0.4) is 0 Å². The van der Waals surface area contributed by atoms with Gasteiger partial charge in [-0.05, 0) is 19.1 Å². The zero-order valence-electron chi connectivity index (χ0n) is 8.97. The van der Waals surface area contributed by atoms with E-state index in [-0.39, 0.29) is 6.15 Å². The molecule has 0 fully saturated rings. The van der Waals surface area contributed by atoms with Crippen molar-refractivity contribution in [2.45, 2.75) is 16.5 Å². The molecule has 1 aromatic carbocycles. The van der Waals surface area contributed by atoms with Gasteiger partial charge in [0.2, 0.25) is 0 Å². The maximum Gasteiger partial charge on any atom is 0.151 e. The fraction of sp³-hybridized carbons (Fsp3) is 0.200. The van der Waals surface area contributed by atoms with Gasteiger partial charge in [0.15, 0.2) is 4.34 Å². The summed E-state index contributed by atoms with van der Waals surface area (Å²) >= 11 is 2.73. The van der Waals surface area contributed by atoms with Crippen LogP contribution in [-0.4, -0.2) is 16.2 Å². The summed E-state index contributed by atoms with van der Waals surface area (Å²) in [4.78, 5) is 14.9. The zero-order valence-corrected chi connectivity index (χ0v) is 10.6. The third-order valence-corrected chi connectivity index (χ3v) is 4.09. The van der Waals surface area contributed by atoms with Crippen molar-refractivity contribution in [2.75, 3.05) is 0 Å². The lowest BCUT2D eigenvalue weighted by Crippen LogP contribution is -2.31. The first-order valence-electron chi connectivity index (χ1n) is 4.40. The number of quaternary nitrogens is 1. The van der Waals surface area contributed by atoms with E-state index in [1.807, 2.05) is 24.3 Å². The molecule has 0 spiro atoms. The molecule has 1 atom stereocenters. The number of benzene rings is 1. The number of aliphatic carboxylic acids is 1. The van der Waals surface area contributed by atoms with Crippen LogP contribution < -0.4 is 11.3 Å². The van der Waals surface area contributed by atoms with Gasteiger partial charge in [-0.1, -0.05) is 23.9 Å². The molecule has 1 unspecified atom stereocenters. The maximum absolute atomic E-state index is 10.6. The summed E-state index contributed by atoms with van der Waals surface area (Å²) in [6, 6.07) is 7.75. The van der Waals surface area contributed by atoms with E-state index < -0.39 is 11.2 Å². The van der Waals surface area contributed by atoms with Crippen LogP contribution >= 0.6 is 23.1 Å². The zero-order chi connectivity index (χ0) is 10.8. The van der Waals surface area contributed by atoms with Gasteiger partial charge >= 0.3 is 0 Å². The molecular weight excluding hydrogens is 244 g/mol. The van der Waals surface area contributed by atoms with Gasteiger partial charge < -0.3 is 16.1 Å². The molecule has 2 aromatic rings.